The maximum atomic E-state index is 12.5. The van der Waals surface area contributed by atoms with Crippen LogP contribution >= 0.6 is 23.2 Å². The van der Waals surface area contributed by atoms with Crippen LogP contribution in [0.1, 0.15) is 19.3 Å². The number of rotatable bonds is 6. The molecule has 0 atom stereocenters. The Morgan fingerprint density at radius 2 is 1.24 bits per heavy atom. The Morgan fingerprint density at radius 3 is 1.95 bits per heavy atom. The molecular formula is C29H20Cl2N2O4. The molecule has 6 aromatic rings. The lowest BCUT2D eigenvalue weighted by molar-refractivity contribution is -0.117. The van der Waals surface area contributed by atoms with E-state index < -0.39 is 0 Å². The summed E-state index contributed by atoms with van der Waals surface area (Å²) in [4.78, 5) is 24.9. The number of benzene rings is 4. The highest BCUT2D eigenvalue weighted by molar-refractivity contribution is 6.39. The Hall–Kier alpha value is -4.00. The molecule has 2 N–H and O–H groups in total. The fourth-order valence-corrected chi connectivity index (χ4v) is 5.07. The van der Waals surface area contributed by atoms with Crippen LogP contribution in [0.5, 0.6) is 0 Å². The van der Waals surface area contributed by atoms with Gasteiger partial charge in [0.25, 0.3) is 0 Å². The van der Waals surface area contributed by atoms with Crippen molar-refractivity contribution in [1.82, 2.24) is 0 Å². The van der Waals surface area contributed by atoms with Gasteiger partial charge in [0.05, 0.1) is 5.02 Å². The molecule has 6 rings (SSSR count). The summed E-state index contributed by atoms with van der Waals surface area (Å²) < 4.78 is 11.7. The van der Waals surface area contributed by atoms with Crippen molar-refractivity contribution in [3.05, 3.63) is 82.8 Å². The highest BCUT2D eigenvalue weighted by Gasteiger charge is 2.13. The zero-order chi connectivity index (χ0) is 25.5. The lowest BCUT2D eigenvalue weighted by atomic mass is 10.1. The first-order chi connectivity index (χ1) is 17.9. The Labute approximate surface area is 221 Å². The second-order valence-corrected chi connectivity index (χ2v) is 9.68. The van der Waals surface area contributed by atoms with Crippen LogP contribution in [0.25, 0.3) is 43.9 Å². The van der Waals surface area contributed by atoms with E-state index in [0.29, 0.717) is 44.6 Å². The maximum Gasteiger partial charge on any atom is 0.224 e. The summed E-state index contributed by atoms with van der Waals surface area (Å²) in [7, 11) is 0. The van der Waals surface area contributed by atoms with Crippen LogP contribution in [0, 0.1) is 0 Å². The number of hydrogen-bond donors (Lipinski definition) is 2. The third-order valence-electron chi connectivity index (χ3n) is 6.25. The molecule has 0 bridgehead atoms. The minimum absolute atomic E-state index is 0.164. The van der Waals surface area contributed by atoms with Crippen LogP contribution < -0.4 is 10.6 Å². The van der Waals surface area contributed by atoms with Crippen molar-refractivity contribution in [2.24, 2.45) is 0 Å². The van der Waals surface area contributed by atoms with Crippen molar-refractivity contribution in [3.63, 3.8) is 0 Å². The summed E-state index contributed by atoms with van der Waals surface area (Å²) >= 11 is 12.4. The molecule has 2 heterocycles. The molecule has 0 radical (unpaired) electrons. The standard InChI is InChI=1S/C29H20Cl2N2O4/c30-16-12-22-21-11-9-18(15-26(21)37-29(22)23(31)13-16)33-28(35)7-3-6-27(34)32-17-8-10-20-19-4-1-2-5-24(19)36-25(20)14-17/h1-2,4-5,8-15H,3,6-7H2,(H,32,34)(H,33,35). The van der Waals surface area contributed by atoms with Crippen LogP contribution in [-0.4, -0.2) is 11.8 Å². The zero-order valence-electron chi connectivity index (χ0n) is 19.4. The molecular weight excluding hydrogens is 511 g/mol. The predicted octanol–water partition coefficient (Wildman–Crippen LogP) is 8.54. The Balaban J connectivity index is 1.05. The topological polar surface area (TPSA) is 84.5 Å². The number of nitrogens with one attached hydrogen (secondary N) is 2. The molecule has 0 fully saturated rings. The number of amides is 2. The molecule has 6 nitrogen and oxygen atoms in total. The van der Waals surface area contributed by atoms with Gasteiger partial charge in [0.2, 0.25) is 11.8 Å². The average Bonchev–Trinajstić information content (AvgIpc) is 3.41. The van der Waals surface area contributed by atoms with Crippen molar-refractivity contribution < 1.29 is 18.4 Å². The van der Waals surface area contributed by atoms with Gasteiger partial charge in [-0.25, -0.2) is 0 Å². The number of anilines is 2. The molecule has 0 unspecified atom stereocenters. The van der Waals surface area contributed by atoms with Crippen LogP contribution in [0.4, 0.5) is 11.4 Å². The van der Waals surface area contributed by atoms with E-state index in [1.54, 1.807) is 24.3 Å². The van der Waals surface area contributed by atoms with Gasteiger partial charge in [0.15, 0.2) is 5.58 Å². The number of para-hydroxylation sites is 1. The number of fused-ring (bicyclic) bond motifs is 6. The van der Waals surface area contributed by atoms with E-state index in [1.165, 1.54) is 0 Å². The summed E-state index contributed by atoms with van der Waals surface area (Å²) in [5.41, 5.74) is 3.92. The third kappa shape index (κ3) is 4.61. The van der Waals surface area contributed by atoms with Crippen LogP contribution in [-0.2, 0) is 9.59 Å². The smallest absolute Gasteiger partial charge is 0.224 e. The molecule has 0 saturated heterocycles. The van der Waals surface area contributed by atoms with Crippen LogP contribution in [0.2, 0.25) is 10.0 Å². The summed E-state index contributed by atoms with van der Waals surface area (Å²) in [5.74, 6) is -0.351. The largest absolute Gasteiger partial charge is 0.456 e. The van der Waals surface area contributed by atoms with E-state index in [2.05, 4.69) is 10.6 Å². The quantitative estimate of drug-likeness (QED) is 0.226. The molecule has 4 aromatic carbocycles. The molecule has 0 saturated carbocycles. The molecule has 0 aliphatic heterocycles. The van der Waals surface area contributed by atoms with Gasteiger partial charge >= 0.3 is 0 Å². The van der Waals surface area contributed by atoms with E-state index in [1.807, 2.05) is 48.5 Å². The van der Waals surface area contributed by atoms with Gasteiger partial charge in [-0.05, 0) is 48.9 Å². The van der Waals surface area contributed by atoms with Crippen molar-refractivity contribution >= 4 is 90.3 Å². The van der Waals surface area contributed by atoms with Gasteiger partial charge in [-0.1, -0.05) is 41.4 Å². The average molecular weight is 531 g/mol. The van der Waals surface area contributed by atoms with Gasteiger partial charge in [0.1, 0.15) is 16.7 Å². The van der Waals surface area contributed by atoms with Gasteiger partial charge < -0.3 is 19.5 Å². The van der Waals surface area contributed by atoms with E-state index in [9.17, 15) is 9.59 Å². The lowest BCUT2D eigenvalue weighted by Gasteiger charge is -2.07. The highest BCUT2D eigenvalue weighted by Crippen LogP contribution is 2.36. The first-order valence-corrected chi connectivity index (χ1v) is 12.5. The summed E-state index contributed by atoms with van der Waals surface area (Å²) in [6.07, 6.45) is 0.828. The van der Waals surface area contributed by atoms with Crippen molar-refractivity contribution in [1.29, 1.82) is 0 Å². The highest BCUT2D eigenvalue weighted by atomic mass is 35.5. The minimum Gasteiger partial charge on any atom is -0.456 e. The van der Waals surface area contributed by atoms with Gasteiger partial charge in [-0.15, -0.1) is 0 Å². The van der Waals surface area contributed by atoms with Gasteiger partial charge in [0, 0.05) is 62.9 Å². The maximum absolute atomic E-state index is 12.5. The molecule has 0 spiro atoms. The molecule has 184 valence electrons. The van der Waals surface area contributed by atoms with Gasteiger partial charge in [-0.3, -0.25) is 9.59 Å². The number of carbonyl (C=O) groups excluding carboxylic acids is 2. The summed E-state index contributed by atoms with van der Waals surface area (Å²) in [6.45, 7) is 0. The van der Waals surface area contributed by atoms with E-state index in [4.69, 9.17) is 32.0 Å². The van der Waals surface area contributed by atoms with E-state index >= 15 is 0 Å². The first-order valence-electron chi connectivity index (χ1n) is 11.8. The van der Waals surface area contributed by atoms with Crippen LogP contribution in [0.15, 0.2) is 81.6 Å². The van der Waals surface area contributed by atoms with Crippen molar-refractivity contribution in [2.75, 3.05) is 10.6 Å². The normalized spacial score (nSPS) is 11.5. The summed E-state index contributed by atoms with van der Waals surface area (Å²) in [5, 5.41) is 10.4. The minimum atomic E-state index is -0.187. The molecule has 0 aliphatic rings. The number of carbonyl (C=O) groups is 2. The number of furan rings is 2. The first kappa shape index (κ1) is 23.4. The summed E-state index contributed by atoms with van der Waals surface area (Å²) in [6, 6.07) is 22.2. The van der Waals surface area contributed by atoms with Crippen molar-refractivity contribution in [2.45, 2.75) is 19.3 Å². The predicted molar refractivity (Wildman–Crippen MR) is 149 cm³/mol. The second-order valence-electron chi connectivity index (χ2n) is 8.84. The van der Waals surface area contributed by atoms with Gasteiger partial charge in [-0.2, -0.15) is 0 Å². The monoisotopic (exact) mass is 530 g/mol. The number of hydrogen-bond acceptors (Lipinski definition) is 4. The molecule has 8 heteroatoms. The van der Waals surface area contributed by atoms with Crippen molar-refractivity contribution in [3.8, 4) is 0 Å². The SMILES string of the molecule is O=C(CCCC(=O)Nc1ccc2c(c1)oc1c(Cl)cc(Cl)cc12)Nc1ccc2c(c1)oc1ccccc12. The Morgan fingerprint density at radius 1 is 0.649 bits per heavy atom. The fraction of sp³-hybridized carbons (Fsp3) is 0.103. The zero-order valence-corrected chi connectivity index (χ0v) is 21.0. The van der Waals surface area contributed by atoms with E-state index in [-0.39, 0.29) is 24.7 Å². The fourth-order valence-electron chi connectivity index (χ4n) is 4.54. The molecule has 2 amide bonds. The molecule has 37 heavy (non-hydrogen) atoms. The third-order valence-corrected chi connectivity index (χ3v) is 6.75. The lowest BCUT2D eigenvalue weighted by Crippen LogP contribution is -2.14. The second kappa shape index (κ2) is 9.47. The Bertz CT molecular complexity index is 1840. The van der Waals surface area contributed by atoms with E-state index in [0.717, 1.165) is 27.1 Å². The molecule has 0 aliphatic carbocycles. The van der Waals surface area contributed by atoms with Crippen LogP contribution in [0.3, 0.4) is 0 Å². The Kier molecular flexibility index (Phi) is 5.99. The molecule has 2 aromatic heterocycles. The number of halogens is 2.